The van der Waals surface area contributed by atoms with Gasteiger partial charge in [0.1, 0.15) is 0 Å². The monoisotopic (exact) mass is 216 g/mol. The normalized spacial score (nSPS) is 21.8. The summed E-state index contributed by atoms with van der Waals surface area (Å²) >= 11 is 0. The number of carbonyl (C=O) groups is 1. The molecular weight excluding hydrogens is 203 g/mol. The van der Waals surface area contributed by atoms with Crippen molar-refractivity contribution in [2.24, 2.45) is 0 Å². The summed E-state index contributed by atoms with van der Waals surface area (Å²) in [6.45, 7) is 2.58. The highest BCUT2D eigenvalue weighted by atomic mass is 35.5. The van der Waals surface area contributed by atoms with Crippen molar-refractivity contribution in [1.29, 1.82) is 0 Å². The highest BCUT2D eigenvalue weighted by molar-refractivity contribution is 5.85. The van der Waals surface area contributed by atoms with E-state index in [1.54, 1.807) is 0 Å². The molecule has 0 radical (unpaired) electrons. The lowest BCUT2D eigenvalue weighted by atomic mass is 10.2. The van der Waals surface area contributed by atoms with Gasteiger partial charge in [0, 0.05) is 25.7 Å². The maximum absolute atomic E-state index is 10.2. The number of carboxylic acids is 1. The van der Waals surface area contributed by atoms with Crippen LogP contribution in [0.2, 0.25) is 0 Å². The van der Waals surface area contributed by atoms with Gasteiger partial charge in [0.15, 0.2) is 0 Å². The molecule has 0 spiro atoms. The smallest absolute Gasteiger partial charge is 0.304 e. The third-order valence-electron chi connectivity index (χ3n) is 1.55. The lowest BCUT2D eigenvalue weighted by Gasteiger charge is -2.22. The summed E-state index contributed by atoms with van der Waals surface area (Å²) in [7, 11) is 0. The Morgan fingerprint density at radius 3 is 2.50 bits per heavy atom. The molecule has 6 heteroatoms. The number of piperazine rings is 1. The highest BCUT2D eigenvalue weighted by Gasteiger charge is 2.14. The molecule has 0 aromatic rings. The summed E-state index contributed by atoms with van der Waals surface area (Å²) < 4.78 is 0. The summed E-state index contributed by atoms with van der Waals surface area (Å²) in [5.74, 6) is -0.735. The van der Waals surface area contributed by atoms with E-state index in [1.807, 2.05) is 0 Å². The SMILES string of the molecule is Cl.Cl.O=C(O)CC1CNCCN1. The first-order valence-corrected chi connectivity index (χ1v) is 3.45. The lowest BCUT2D eigenvalue weighted by Crippen LogP contribution is -2.49. The molecule has 0 aromatic carbocycles. The molecule has 1 aliphatic heterocycles. The molecular formula is C6H14Cl2N2O2. The van der Waals surface area contributed by atoms with E-state index in [4.69, 9.17) is 5.11 Å². The zero-order chi connectivity index (χ0) is 7.40. The minimum Gasteiger partial charge on any atom is -0.481 e. The first kappa shape index (κ1) is 14.5. The number of halogens is 2. The number of rotatable bonds is 2. The molecule has 4 nitrogen and oxygen atoms in total. The van der Waals surface area contributed by atoms with Crippen molar-refractivity contribution in [3.05, 3.63) is 0 Å². The van der Waals surface area contributed by atoms with E-state index in [-0.39, 0.29) is 37.3 Å². The van der Waals surface area contributed by atoms with Crippen LogP contribution in [0, 0.1) is 0 Å². The van der Waals surface area contributed by atoms with Crippen LogP contribution in [-0.4, -0.2) is 36.8 Å². The molecule has 12 heavy (non-hydrogen) atoms. The molecule has 0 aliphatic carbocycles. The Labute approximate surface area is 83.9 Å². The van der Waals surface area contributed by atoms with Gasteiger partial charge in [-0.15, -0.1) is 24.8 Å². The quantitative estimate of drug-likeness (QED) is 0.602. The average molecular weight is 217 g/mol. The van der Waals surface area contributed by atoms with Crippen LogP contribution in [0.15, 0.2) is 0 Å². The van der Waals surface area contributed by atoms with E-state index in [0.29, 0.717) is 0 Å². The second-order valence-corrected chi connectivity index (χ2v) is 2.45. The molecule has 1 fully saturated rings. The van der Waals surface area contributed by atoms with Gasteiger partial charge in [-0.3, -0.25) is 4.79 Å². The topological polar surface area (TPSA) is 61.4 Å². The molecule has 0 saturated carbocycles. The fourth-order valence-electron chi connectivity index (χ4n) is 1.07. The molecule has 74 valence electrons. The van der Waals surface area contributed by atoms with E-state index in [1.165, 1.54) is 0 Å². The first-order chi connectivity index (χ1) is 4.79. The van der Waals surface area contributed by atoms with Gasteiger partial charge in [-0.2, -0.15) is 0 Å². The van der Waals surface area contributed by atoms with Gasteiger partial charge in [-0.25, -0.2) is 0 Å². The molecule has 0 aromatic heterocycles. The zero-order valence-electron chi connectivity index (χ0n) is 6.58. The molecule has 1 heterocycles. The van der Waals surface area contributed by atoms with Crippen LogP contribution in [0.4, 0.5) is 0 Å². The molecule has 0 bridgehead atoms. The maximum Gasteiger partial charge on any atom is 0.304 e. The van der Waals surface area contributed by atoms with Crippen molar-refractivity contribution >= 4 is 30.8 Å². The Bertz CT molecular complexity index is 129. The summed E-state index contributed by atoms with van der Waals surface area (Å²) in [4.78, 5) is 10.2. The Morgan fingerprint density at radius 1 is 1.42 bits per heavy atom. The summed E-state index contributed by atoms with van der Waals surface area (Å²) in [5, 5.41) is 14.6. The fraction of sp³-hybridized carbons (Fsp3) is 0.833. The number of nitrogens with one attached hydrogen (secondary N) is 2. The molecule has 0 amide bonds. The number of hydrogen-bond acceptors (Lipinski definition) is 3. The molecule has 3 N–H and O–H groups in total. The van der Waals surface area contributed by atoms with Gasteiger partial charge >= 0.3 is 5.97 Å². The van der Waals surface area contributed by atoms with Crippen molar-refractivity contribution < 1.29 is 9.90 Å². The largest absolute Gasteiger partial charge is 0.481 e. The van der Waals surface area contributed by atoms with E-state index < -0.39 is 5.97 Å². The van der Waals surface area contributed by atoms with Crippen LogP contribution in [-0.2, 0) is 4.79 Å². The maximum atomic E-state index is 10.2. The average Bonchev–Trinajstić information content (AvgIpc) is 1.88. The Kier molecular flexibility index (Phi) is 9.19. The fourth-order valence-corrected chi connectivity index (χ4v) is 1.07. The molecule has 1 saturated heterocycles. The van der Waals surface area contributed by atoms with Crippen LogP contribution < -0.4 is 10.6 Å². The van der Waals surface area contributed by atoms with Crippen LogP contribution in [0.1, 0.15) is 6.42 Å². The molecule has 1 rings (SSSR count). The predicted octanol–water partition coefficient (Wildman–Crippen LogP) is -0.134. The standard InChI is InChI=1S/C6H12N2O2.2ClH/c9-6(10)3-5-4-7-1-2-8-5;;/h5,7-8H,1-4H2,(H,9,10);2*1H. The third kappa shape index (κ3) is 5.60. The van der Waals surface area contributed by atoms with Gasteiger partial charge in [0.25, 0.3) is 0 Å². The van der Waals surface area contributed by atoms with Crippen molar-refractivity contribution in [1.82, 2.24) is 10.6 Å². The van der Waals surface area contributed by atoms with Crippen molar-refractivity contribution in [2.45, 2.75) is 12.5 Å². The first-order valence-electron chi connectivity index (χ1n) is 3.45. The van der Waals surface area contributed by atoms with Crippen molar-refractivity contribution in [3.63, 3.8) is 0 Å². The van der Waals surface area contributed by atoms with E-state index in [2.05, 4.69) is 10.6 Å². The molecule has 1 atom stereocenters. The Balaban J connectivity index is 0. The van der Waals surface area contributed by atoms with Crippen molar-refractivity contribution in [2.75, 3.05) is 19.6 Å². The predicted molar refractivity (Wildman–Crippen MR) is 51.4 cm³/mol. The number of carboxylic acid groups (broad SMARTS) is 1. The van der Waals surface area contributed by atoms with Gasteiger partial charge in [0.05, 0.1) is 6.42 Å². The van der Waals surface area contributed by atoms with Crippen molar-refractivity contribution in [3.8, 4) is 0 Å². The van der Waals surface area contributed by atoms with Crippen LogP contribution >= 0.6 is 24.8 Å². The second-order valence-electron chi connectivity index (χ2n) is 2.45. The van der Waals surface area contributed by atoms with Gasteiger partial charge in [-0.1, -0.05) is 0 Å². The summed E-state index contributed by atoms with van der Waals surface area (Å²) in [6, 6.07) is 0.117. The minimum atomic E-state index is -0.735. The second kappa shape index (κ2) is 7.61. The van der Waals surface area contributed by atoms with Crippen LogP contribution in [0.3, 0.4) is 0 Å². The minimum absolute atomic E-state index is 0. The van der Waals surface area contributed by atoms with Gasteiger partial charge in [-0.05, 0) is 0 Å². The Hall–Kier alpha value is -0.0300. The Morgan fingerprint density at radius 2 is 2.08 bits per heavy atom. The molecule has 1 unspecified atom stereocenters. The van der Waals surface area contributed by atoms with Crippen LogP contribution in [0.5, 0.6) is 0 Å². The summed E-state index contributed by atoms with van der Waals surface area (Å²) in [5.41, 5.74) is 0. The number of aliphatic carboxylic acids is 1. The van der Waals surface area contributed by atoms with Gasteiger partial charge < -0.3 is 15.7 Å². The van der Waals surface area contributed by atoms with E-state index in [0.717, 1.165) is 19.6 Å². The van der Waals surface area contributed by atoms with E-state index in [9.17, 15) is 4.79 Å². The highest BCUT2D eigenvalue weighted by Crippen LogP contribution is 1.92. The summed E-state index contributed by atoms with van der Waals surface area (Å²) in [6.07, 6.45) is 0.215. The van der Waals surface area contributed by atoms with Crippen LogP contribution in [0.25, 0.3) is 0 Å². The molecule has 1 aliphatic rings. The number of hydrogen-bond donors (Lipinski definition) is 3. The zero-order valence-corrected chi connectivity index (χ0v) is 8.21. The third-order valence-corrected chi connectivity index (χ3v) is 1.55. The van der Waals surface area contributed by atoms with Gasteiger partial charge in [0.2, 0.25) is 0 Å². The van der Waals surface area contributed by atoms with E-state index >= 15 is 0 Å². The lowest BCUT2D eigenvalue weighted by molar-refractivity contribution is -0.137.